The molecule has 2 aromatic rings. The summed E-state index contributed by atoms with van der Waals surface area (Å²) in [6, 6.07) is 1.18. The predicted octanol–water partition coefficient (Wildman–Crippen LogP) is 0.392. The van der Waals surface area contributed by atoms with Crippen LogP contribution in [-0.2, 0) is 13.1 Å². The lowest BCUT2D eigenvalue weighted by Crippen LogP contribution is -2.24. The summed E-state index contributed by atoms with van der Waals surface area (Å²) in [7, 11) is 0. The molecule has 2 heterocycles. The minimum atomic E-state index is -4.40. The average Bonchev–Trinajstić information content (AvgIpc) is 2.93. The molecule has 0 unspecified atom stereocenters. The second-order valence-electron chi connectivity index (χ2n) is 3.96. The first-order valence-electron chi connectivity index (χ1n) is 5.48. The molecule has 7 nitrogen and oxygen atoms in total. The number of rotatable bonds is 4. The van der Waals surface area contributed by atoms with Gasteiger partial charge in [-0.1, -0.05) is 0 Å². The highest BCUT2D eigenvalue weighted by atomic mass is 19.4. The number of hydrogen-bond donors (Lipinski definition) is 3. The van der Waals surface area contributed by atoms with Crippen molar-refractivity contribution in [2.45, 2.75) is 19.3 Å². The molecule has 1 amide bonds. The van der Waals surface area contributed by atoms with Crippen molar-refractivity contribution in [3.8, 4) is 0 Å². The summed E-state index contributed by atoms with van der Waals surface area (Å²) in [4.78, 5) is 27.2. The molecule has 108 valence electrons. The van der Waals surface area contributed by atoms with Crippen molar-refractivity contribution in [2.75, 3.05) is 0 Å². The second kappa shape index (κ2) is 5.23. The number of alkyl halides is 3. The first kappa shape index (κ1) is 13.9. The zero-order valence-electron chi connectivity index (χ0n) is 9.99. The summed E-state index contributed by atoms with van der Waals surface area (Å²) < 4.78 is 37.0. The smallest absolute Gasteiger partial charge is 0.345 e. The second-order valence-corrected chi connectivity index (χ2v) is 3.96. The third-order valence-corrected chi connectivity index (χ3v) is 2.31. The van der Waals surface area contributed by atoms with Gasteiger partial charge in [-0.05, 0) is 6.07 Å². The summed E-state index contributed by atoms with van der Waals surface area (Å²) in [5.74, 6) is -0.632. The van der Waals surface area contributed by atoms with Gasteiger partial charge in [-0.2, -0.15) is 18.3 Å². The maximum absolute atomic E-state index is 12.1. The van der Waals surface area contributed by atoms with Crippen LogP contribution in [0.1, 0.15) is 16.2 Å². The van der Waals surface area contributed by atoms with Gasteiger partial charge in [0, 0.05) is 12.4 Å². The fourth-order valence-electron chi connectivity index (χ4n) is 1.49. The highest BCUT2D eigenvalue weighted by molar-refractivity contribution is 5.92. The molecule has 0 atom stereocenters. The quantitative estimate of drug-likeness (QED) is 0.760. The van der Waals surface area contributed by atoms with Crippen LogP contribution >= 0.6 is 0 Å². The van der Waals surface area contributed by atoms with Gasteiger partial charge in [-0.3, -0.25) is 9.48 Å². The van der Waals surface area contributed by atoms with Crippen LogP contribution in [0.3, 0.4) is 0 Å². The molecule has 0 radical (unpaired) electrons. The van der Waals surface area contributed by atoms with Crippen molar-refractivity contribution in [2.24, 2.45) is 0 Å². The molecule has 20 heavy (non-hydrogen) atoms. The van der Waals surface area contributed by atoms with E-state index in [1.54, 1.807) is 0 Å². The van der Waals surface area contributed by atoms with Crippen molar-refractivity contribution in [3.63, 3.8) is 0 Å². The number of aromatic nitrogens is 4. The Bertz CT molecular complexity index is 654. The molecule has 10 heteroatoms. The molecule has 0 aliphatic carbocycles. The molecule has 0 saturated heterocycles. The van der Waals surface area contributed by atoms with Crippen LogP contribution in [0.15, 0.2) is 23.3 Å². The SMILES string of the molecule is O=C(NCc1c[nH]c(=O)[nH]1)c1ccn(CC(F)(F)F)n1. The number of aromatic amines is 2. The lowest BCUT2D eigenvalue weighted by Gasteiger charge is -2.05. The number of hydrogen-bond acceptors (Lipinski definition) is 3. The Morgan fingerprint density at radius 2 is 2.20 bits per heavy atom. The third kappa shape index (κ3) is 3.73. The predicted molar refractivity (Wildman–Crippen MR) is 60.9 cm³/mol. The lowest BCUT2D eigenvalue weighted by molar-refractivity contribution is -0.142. The van der Waals surface area contributed by atoms with Crippen LogP contribution in [-0.4, -0.2) is 31.8 Å². The Morgan fingerprint density at radius 1 is 1.45 bits per heavy atom. The van der Waals surface area contributed by atoms with Crippen molar-refractivity contribution in [3.05, 3.63) is 40.3 Å². The number of nitrogens with one attached hydrogen (secondary N) is 3. The minimum absolute atomic E-state index is 0.0315. The molecule has 0 saturated carbocycles. The third-order valence-electron chi connectivity index (χ3n) is 2.31. The molecule has 0 aliphatic rings. The van der Waals surface area contributed by atoms with Gasteiger partial charge in [0.2, 0.25) is 0 Å². The Labute approximate surface area is 109 Å². The van der Waals surface area contributed by atoms with E-state index < -0.39 is 24.3 Å². The minimum Gasteiger partial charge on any atom is -0.345 e. The van der Waals surface area contributed by atoms with Crippen LogP contribution in [0.25, 0.3) is 0 Å². The van der Waals surface area contributed by atoms with E-state index in [1.165, 1.54) is 12.3 Å². The molecule has 0 bridgehead atoms. The Hall–Kier alpha value is -2.52. The van der Waals surface area contributed by atoms with E-state index in [1.807, 2.05) is 0 Å². The van der Waals surface area contributed by atoms with Gasteiger partial charge in [0.15, 0.2) is 0 Å². The van der Waals surface area contributed by atoms with Crippen molar-refractivity contribution < 1.29 is 18.0 Å². The van der Waals surface area contributed by atoms with Crippen molar-refractivity contribution >= 4 is 5.91 Å². The first-order valence-corrected chi connectivity index (χ1v) is 5.48. The fourth-order valence-corrected chi connectivity index (χ4v) is 1.49. The highest BCUT2D eigenvalue weighted by Crippen LogP contribution is 2.16. The number of amides is 1. The van der Waals surface area contributed by atoms with Gasteiger partial charge in [-0.15, -0.1) is 0 Å². The largest absolute Gasteiger partial charge is 0.408 e. The molecule has 0 fully saturated rings. The van der Waals surface area contributed by atoms with E-state index in [0.29, 0.717) is 10.4 Å². The van der Waals surface area contributed by atoms with Gasteiger partial charge < -0.3 is 15.3 Å². The molecule has 3 N–H and O–H groups in total. The van der Waals surface area contributed by atoms with Crippen LogP contribution in [0.2, 0.25) is 0 Å². The number of carbonyl (C=O) groups is 1. The monoisotopic (exact) mass is 289 g/mol. The van der Waals surface area contributed by atoms with E-state index in [0.717, 1.165) is 6.20 Å². The molecular weight excluding hydrogens is 279 g/mol. The zero-order chi connectivity index (χ0) is 14.8. The first-order chi connectivity index (χ1) is 9.33. The van der Waals surface area contributed by atoms with E-state index in [4.69, 9.17) is 0 Å². The van der Waals surface area contributed by atoms with Gasteiger partial charge in [0.25, 0.3) is 5.91 Å². The summed E-state index contributed by atoms with van der Waals surface area (Å²) >= 11 is 0. The molecule has 2 rings (SSSR count). The summed E-state index contributed by atoms with van der Waals surface area (Å²) in [6.45, 7) is -1.23. The molecule has 0 spiro atoms. The number of nitrogens with zero attached hydrogens (tertiary/aromatic N) is 2. The summed E-state index contributed by atoms with van der Waals surface area (Å²) in [5, 5.41) is 5.94. The standard InChI is InChI=1S/C10H10F3N5O2/c11-10(12,13)5-18-2-1-7(17-18)8(19)14-3-6-4-15-9(20)16-6/h1-2,4H,3,5H2,(H,14,19)(H2,15,16,20). The number of imidazole rings is 1. The Morgan fingerprint density at radius 3 is 2.80 bits per heavy atom. The highest BCUT2D eigenvalue weighted by Gasteiger charge is 2.28. The lowest BCUT2D eigenvalue weighted by atomic mass is 10.4. The average molecular weight is 289 g/mol. The van der Waals surface area contributed by atoms with E-state index in [2.05, 4.69) is 20.4 Å². The van der Waals surface area contributed by atoms with E-state index >= 15 is 0 Å². The summed E-state index contributed by atoms with van der Waals surface area (Å²) in [6.07, 6.45) is -1.95. The van der Waals surface area contributed by atoms with Crippen molar-refractivity contribution in [1.29, 1.82) is 0 Å². The molecule has 2 aromatic heterocycles. The van der Waals surface area contributed by atoms with Gasteiger partial charge >= 0.3 is 11.9 Å². The topological polar surface area (TPSA) is 95.6 Å². The van der Waals surface area contributed by atoms with Crippen molar-refractivity contribution in [1.82, 2.24) is 25.1 Å². The molecule has 0 aromatic carbocycles. The van der Waals surface area contributed by atoms with Gasteiger partial charge in [-0.25, -0.2) is 4.79 Å². The molecule has 0 aliphatic heterocycles. The maximum atomic E-state index is 12.1. The molecular formula is C10H10F3N5O2. The zero-order valence-corrected chi connectivity index (χ0v) is 9.99. The number of carbonyl (C=O) groups excluding carboxylic acids is 1. The fraction of sp³-hybridized carbons (Fsp3) is 0.300. The van der Waals surface area contributed by atoms with Gasteiger partial charge in [0.05, 0.1) is 12.2 Å². The van der Waals surface area contributed by atoms with Gasteiger partial charge in [0.1, 0.15) is 12.2 Å². The van der Waals surface area contributed by atoms with Crippen LogP contribution in [0.5, 0.6) is 0 Å². The number of halogens is 3. The van der Waals surface area contributed by atoms with E-state index in [9.17, 15) is 22.8 Å². The Balaban J connectivity index is 1.94. The van der Waals surface area contributed by atoms with Crippen LogP contribution < -0.4 is 11.0 Å². The number of H-pyrrole nitrogens is 2. The van der Waals surface area contributed by atoms with Crippen LogP contribution in [0.4, 0.5) is 13.2 Å². The normalized spacial score (nSPS) is 11.6. The Kier molecular flexibility index (Phi) is 3.63. The summed E-state index contributed by atoms with van der Waals surface area (Å²) in [5.41, 5.74) is -0.103. The van der Waals surface area contributed by atoms with E-state index in [-0.39, 0.29) is 12.2 Å². The van der Waals surface area contributed by atoms with Crippen LogP contribution in [0, 0.1) is 0 Å². The maximum Gasteiger partial charge on any atom is 0.408 e.